The lowest BCUT2D eigenvalue weighted by Gasteiger charge is -2.23. The highest BCUT2D eigenvalue weighted by Gasteiger charge is 2.35. The summed E-state index contributed by atoms with van der Waals surface area (Å²) in [6, 6.07) is 7.83. The van der Waals surface area contributed by atoms with E-state index in [0.29, 0.717) is 37.6 Å². The van der Waals surface area contributed by atoms with Crippen LogP contribution >= 0.6 is 0 Å². The van der Waals surface area contributed by atoms with Crippen molar-refractivity contribution < 1.29 is 4.74 Å². The van der Waals surface area contributed by atoms with Gasteiger partial charge in [0, 0.05) is 58.8 Å². The number of pyridine rings is 2. The van der Waals surface area contributed by atoms with Gasteiger partial charge in [0.2, 0.25) is 0 Å². The first-order valence-corrected chi connectivity index (χ1v) is 12.1. The van der Waals surface area contributed by atoms with Crippen LogP contribution in [0, 0.1) is 6.92 Å². The Kier molecular flexibility index (Phi) is 7.35. The fourth-order valence-electron chi connectivity index (χ4n) is 4.52. The van der Waals surface area contributed by atoms with Gasteiger partial charge in [-0.05, 0) is 44.0 Å². The Morgan fingerprint density at radius 2 is 2.00 bits per heavy atom. The van der Waals surface area contributed by atoms with Gasteiger partial charge in [0.05, 0.1) is 17.8 Å². The second-order valence-electron chi connectivity index (χ2n) is 9.06. The van der Waals surface area contributed by atoms with Crippen molar-refractivity contribution in [1.82, 2.24) is 19.5 Å². The molecule has 0 aliphatic carbocycles. The SMILES string of the molecule is CCO[C@H]1CN(c2ccccn2)C[C@H]1Nc1c(CC)nc(-c2cnc(N(C)C)cc2C)n(C)c1=O. The highest BCUT2D eigenvalue weighted by atomic mass is 16.5. The molecule has 1 N–H and O–H groups in total. The van der Waals surface area contributed by atoms with E-state index in [9.17, 15) is 4.79 Å². The van der Waals surface area contributed by atoms with E-state index in [0.717, 1.165) is 28.5 Å². The molecule has 3 aromatic rings. The van der Waals surface area contributed by atoms with Crippen LogP contribution in [0.4, 0.5) is 17.3 Å². The minimum atomic E-state index is -0.102. The molecule has 2 atom stereocenters. The summed E-state index contributed by atoms with van der Waals surface area (Å²) in [5, 5.41) is 3.51. The molecule has 35 heavy (non-hydrogen) atoms. The van der Waals surface area contributed by atoms with Gasteiger partial charge in [-0.15, -0.1) is 0 Å². The highest BCUT2D eigenvalue weighted by Crippen LogP contribution is 2.26. The fraction of sp³-hybridized carbons (Fsp3) is 0.462. The van der Waals surface area contributed by atoms with Crippen LogP contribution in [0.25, 0.3) is 11.4 Å². The predicted molar refractivity (Wildman–Crippen MR) is 140 cm³/mol. The van der Waals surface area contributed by atoms with Crippen molar-refractivity contribution in [2.45, 2.75) is 39.3 Å². The Balaban J connectivity index is 1.68. The Bertz CT molecular complexity index is 1230. The van der Waals surface area contributed by atoms with Crippen molar-refractivity contribution in [1.29, 1.82) is 0 Å². The third-order valence-electron chi connectivity index (χ3n) is 6.45. The standard InChI is InChI=1S/C26H35N7O2/c1-7-19-24(29-20-15-33(16-21(20)35-8-2)22-11-9-10-12-27-22)26(34)32(6)25(30-19)18-14-28-23(31(4)5)13-17(18)3/h9-14,20-21,29H,7-8,15-16H2,1-6H3/t20-,21+/m1/s1. The second-order valence-corrected chi connectivity index (χ2v) is 9.06. The van der Waals surface area contributed by atoms with Crippen LogP contribution in [0.1, 0.15) is 25.1 Å². The predicted octanol–water partition coefficient (Wildman–Crippen LogP) is 2.88. The molecule has 1 aliphatic rings. The molecular weight excluding hydrogens is 442 g/mol. The summed E-state index contributed by atoms with van der Waals surface area (Å²) >= 11 is 0. The zero-order valence-electron chi connectivity index (χ0n) is 21.4. The third-order valence-corrected chi connectivity index (χ3v) is 6.45. The van der Waals surface area contributed by atoms with Crippen molar-refractivity contribution in [2.75, 3.05) is 48.9 Å². The summed E-state index contributed by atoms with van der Waals surface area (Å²) in [5.74, 6) is 2.39. The molecule has 3 aromatic heterocycles. The maximum absolute atomic E-state index is 13.6. The van der Waals surface area contributed by atoms with Gasteiger partial charge in [-0.2, -0.15) is 0 Å². The first kappa shape index (κ1) is 24.7. The van der Waals surface area contributed by atoms with Gasteiger partial charge in [-0.3, -0.25) is 9.36 Å². The molecule has 0 spiro atoms. The Morgan fingerprint density at radius 1 is 1.20 bits per heavy atom. The van der Waals surface area contributed by atoms with Crippen molar-refractivity contribution in [3.05, 3.63) is 58.3 Å². The van der Waals surface area contributed by atoms with E-state index < -0.39 is 0 Å². The maximum Gasteiger partial charge on any atom is 0.277 e. The van der Waals surface area contributed by atoms with E-state index in [-0.39, 0.29) is 17.7 Å². The molecule has 1 fully saturated rings. The van der Waals surface area contributed by atoms with Crippen LogP contribution in [0.5, 0.6) is 0 Å². The maximum atomic E-state index is 13.6. The quantitative estimate of drug-likeness (QED) is 0.530. The second kappa shape index (κ2) is 10.4. The van der Waals surface area contributed by atoms with Crippen molar-refractivity contribution in [3.8, 4) is 11.4 Å². The molecule has 0 bridgehead atoms. The lowest BCUT2D eigenvalue weighted by Crippen LogP contribution is -2.38. The lowest BCUT2D eigenvalue weighted by atomic mass is 10.1. The van der Waals surface area contributed by atoms with E-state index in [1.165, 1.54) is 0 Å². The van der Waals surface area contributed by atoms with Gasteiger partial charge in [0.15, 0.2) is 0 Å². The summed E-state index contributed by atoms with van der Waals surface area (Å²) in [6.07, 6.45) is 4.15. The van der Waals surface area contributed by atoms with Crippen molar-refractivity contribution in [3.63, 3.8) is 0 Å². The van der Waals surface area contributed by atoms with E-state index >= 15 is 0 Å². The van der Waals surface area contributed by atoms with Crippen LogP contribution in [-0.2, 0) is 18.2 Å². The Morgan fingerprint density at radius 3 is 2.63 bits per heavy atom. The van der Waals surface area contributed by atoms with Crippen LogP contribution in [0.2, 0.25) is 0 Å². The van der Waals surface area contributed by atoms with E-state index in [4.69, 9.17) is 9.72 Å². The first-order valence-electron chi connectivity index (χ1n) is 12.1. The highest BCUT2D eigenvalue weighted by molar-refractivity contribution is 5.64. The fourth-order valence-corrected chi connectivity index (χ4v) is 4.52. The smallest absolute Gasteiger partial charge is 0.277 e. The van der Waals surface area contributed by atoms with Crippen molar-refractivity contribution in [2.24, 2.45) is 7.05 Å². The normalized spacial score (nSPS) is 17.6. The average Bonchev–Trinajstić information content (AvgIpc) is 3.25. The molecule has 4 heterocycles. The molecule has 4 rings (SSSR count). The number of aromatic nitrogens is 4. The number of ether oxygens (including phenoxy) is 1. The molecule has 9 heteroatoms. The number of aryl methyl sites for hydroxylation is 2. The van der Waals surface area contributed by atoms with Gasteiger partial charge in [0.25, 0.3) is 5.56 Å². The van der Waals surface area contributed by atoms with Crippen LogP contribution in [-0.4, -0.2) is 65.5 Å². The van der Waals surface area contributed by atoms with E-state index in [1.807, 2.05) is 64.0 Å². The Hall–Kier alpha value is -3.46. The zero-order valence-corrected chi connectivity index (χ0v) is 21.4. The lowest BCUT2D eigenvalue weighted by molar-refractivity contribution is 0.0719. The molecule has 0 amide bonds. The van der Waals surface area contributed by atoms with Gasteiger partial charge >= 0.3 is 0 Å². The summed E-state index contributed by atoms with van der Waals surface area (Å²) < 4.78 is 7.66. The van der Waals surface area contributed by atoms with Gasteiger partial charge < -0.3 is 19.9 Å². The zero-order chi connectivity index (χ0) is 25.1. The van der Waals surface area contributed by atoms with Gasteiger partial charge in [0.1, 0.15) is 23.1 Å². The van der Waals surface area contributed by atoms with Crippen LogP contribution in [0.15, 0.2) is 41.5 Å². The number of hydrogen-bond donors (Lipinski definition) is 1. The monoisotopic (exact) mass is 477 g/mol. The molecule has 0 aromatic carbocycles. The summed E-state index contributed by atoms with van der Waals surface area (Å²) in [5.41, 5.74) is 3.05. The molecule has 1 saturated heterocycles. The molecular formula is C26H35N7O2. The largest absolute Gasteiger partial charge is 0.374 e. The first-order chi connectivity index (χ1) is 16.8. The number of anilines is 3. The summed E-state index contributed by atoms with van der Waals surface area (Å²) in [4.78, 5) is 31.7. The number of hydrogen-bond acceptors (Lipinski definition) is 8. The number of rotatable bonds is 8. The molecule has 1 aliphatic heterocycles. The number of nitrogens with zero attached hydrogens (tertiary/aromatic N) is 6. The minimum Gasteiger partial charge on any atom is -0.374 e. The molecule has 0 saturated carbocycles. The molecule has 9 nitrogen and oxygen atoms in total. The Labute approximate surface area is 206 Å². The van der Waals surface area contributed by atoms with Crippen molar-refractivity contribution >= 4 is 17.3 Å². The molecule has 0 unspecified atom stereocenters. The van der Waals surface area contributed by atoms with E-state index in [2.05, 4.69) is 20.2 Å². The average molecular weight is 478 g/mol. The van der Waals surface area contributed by atoms with E-state index in [1.54, 1.807) is 24.0 Å². The third kappa shape index (κ3) is 5.00. The molecule has 186 valence electrons. The van der Waals surface area contributed by atoms with Gasteiger partial charge in [-0.25, -0.2) is 15.0 Å². The van der Waals surface area contributed by atoms with Crippen LogP contribution < -0.4 is 20.7 Å². The van der Waals surface area contributed by atoms with Gasteiger partial charge in [-0.1, -0.05) is 13.0 Å². The topological polar surface area (TPSA) is 88.4 Å². The molecule has 0 radical (unpaired) electrons. The summed E-state index contributed by atoms with van der Waals surface area (Å²) in [6.45, 7) is 8.02. The van der Waals surface area contributed by atoms with Crippen LogP contribution in [0.3, 0.4) is 0 Å². The summed E-state index contributed by atoms with van der Waals surface area (Å²) in [7, 11) is 5.68. The minimum absolute atomic E-state index is 0.0645. The number of nitrogens with one attached hydrogen (secondary N) is 1.